The van der Waals surface area contributed by atoms with E-state index < -0.39 is 0 Å². The van der Waals surface area contributed by atoms with E-state index >= 15 is 0 Å². The maximum atomic E-state index is 7.06. The number of rotatable bonds is 7. The van der Waals surface area contributed by atoms with Crippen molar-refractivity contribution < 1.29 is 4.74 Å². The third-order valence-corrected chi connectivity index (χ3v) is 7.17. The van der Waals surface area contributed by atoms with E-state index in [4.69, 9.17) is 4.74 Å². The van der Waals surface area contributed by atoms with Gasteiger partial charge in [0.05, 0.1) is 5.70 Å². The average Bonchev–Trinajstić information content (AvgIpc) is 3.61. The summed E-state index contributed by atoms with van der Waals surface area (Å²) in [7, 11) is 0. The van der Waals surface area contributed by atoms with Crippen LogP contribution in [-0.2, 0) is 4.74 Å². The van der Waals surface area contributed by atoms with Gasteiger partial charge in [-0.15, -0.1) is 0 Å². The third-order valence-electron chi connectivity index (χ3n) is 7.17. The third kappa shape index (κ3) is 4.03. The van der Waals surface area contributed by atoms with Crippen LogP contribution in [0.5, 0.6) is 0 Å². The van der Waals surface area contributed by atoms with Gasteiger partial charge in [0.25, 0.3) is 0 Å². The van der Waals surface area contributed by atoms with Crippen LogP contribution in [0, 0.1) is 5.92 Å². The Morgan fingerprint density at radius 3 is 2.00 bits per heavy atom. The quantitative estimate of drug-likeness (QED) is 0.345. The molecule has 2 aliphatic carbocycles. The number of allylic oxidation sites excluding steroid dienone is 7. The van der Waals surface area contributed by atoms with Crippen molar-refractivity contribution in [1.82, 2.24) is 4.90 Å². The zero-order chi connectivity index (χ0) is 24.3. The lowest BCUT2D eigenvalue weighted by Gasteiger charge is -2.42. The Balaban J connectivity index is 1.63. The van der Waals surface area contributed by atoms with E-state index in [0.29, 0.717) is 0 Å². The number of unbranched alkanes of at least 4 members (excludes halogenated alkanes) is 1. The summed E-state index contributed by atoms with van der Waals surface area (Å²) < 4.78 is 7.06. The fraction of sp³-hybridized carbons (Fsp3) is 0.176. The van der Waals surface area contributed by atoms with Crippen LogP contribution in [0.2, 0.25) is 0 Å². The number of fused-ring (bicyclic) bond motifs is 1. The minimum atomic E-state index is -0.181. The Labute approximate surface area is 214 Å². The van der Waals surface area contributed by atoms with Gasteiger partial charge in [0.15, 0.2) is 6.23 Å². The van der Waals surface area contributed by atoms with Crippen molar-refractivity contribution in [3.8, 4) is 0 Å². The second kappa shape index (κ2) is 9.91. The number of hydrogen-bond donors (Lipinski definition) is 0. The maximum Gasteiger partial charge on any atom is 0.198 e. The summed E-state index contributed by atoms with van der Waals surface area (Å²) in [6.45, 7) is 3.18. The molecule has 0 radical (unpaired) electrons. The molecule has 3 aromatic rings. The second-order valence-electron chi connectivity index (χ2n) is 9.52. The molecule has 0 N–H and O–H groups in total. The van der Waals surface area contributed by atoms with Gasteiger partial charge in [-0.1, -0.05) is 129 Å². The Bertz CT molecular complexity index is 1360. The fourth-order valence-electron chi connectivity index (χ4n) is 5.42. The predicted octanol–water partition coefficient (Wildman–Crippen LogP) is 8.32. The van der Waals surface area contributed by atoms with Crippen molar-refractivity contribution >= 4 is 11.3 Å². The molecule has 3 aromatic carbocycles. The summed E-state index contributed by atoms with van der Waals surface area (Å²) >= 11 is 0. The lowest BCUT2D eigenvalue weighted by Crippen LogP contribution is -2.35. The SMILES string of the molecule is CCCCN1C(c2ccccc2)=C2C(c3ccccc3)=CC(C3C=CC=C3)=C2OC1c1ccccc1. The van der Waals surface area contributed by atoms with E-state index in [-0.39, 0.29) is 12.1 Å². The van der Waals surface area contributed by atoms with E-state index in [1.807, 2.05) is 0 Å². The van der Waals surface area contributed by atoms with Crippen LogP contribution in [0.15, 0.2) is 138 Å². The molecule has 6 rings (SSSR count). The standard InChI is InChI=1S/C34H31NO/c1-2-3-23-35-32(27-19-9-5-10-20-27)31-29(25-15-7-4-8-16-25)24-30(26-17-13-14-18-26)33(31)36-34(35)28-21-11-6-12-22-28/h4-22,24,26,34H,2-3,23H2,1H3. The molecular formula is C34H31NO. The van der Waals surface area contributed by atoms with Crippen LogP contribution in [0.3, 0.4) is 0 Å². The van der Waals surface area contributed by atoms with Gasteiger partial charge in [-0.25, -0.2) is 0 Å². The first kappa shape index (κ1) is 22.4. The van der Waals surface area contributed by atoms with E-state index in [9.17, 15) is 0 Å². The van der Waals surface area contributed by atoms with Gasteiger partial charge in [0.2, 0.25) is 0 Å². The highest BCUT2D eigenvalue weighted by atomic mass is 16.5. The second-order valence-corrected chi connectivity index (χ2v) is 9.52. The van der Waals surface area contributed by atoms with Gasteiger partial charge in [-0.3, -0.25) is 0 Å². The van der Waals surface area contributed by atoms with Crippen molar-refractivity contribution in [2.24, 2.45) is 5.92 Å². The van der Waals surface area contributed by atoms with Crippen LogP contribution in [-0.4, -0.2) is 11.4 Å². The normalized spacial score (nSPS) is 19.1. The van der Waals surface area contributed by atoms with Gasteiger partial charge in [-0.05, 0) is 29.2 Å². The molecule has 0 saturated carbocycles. The van der Waals surface area contributed by atoms with E-state index in [2.05, 4.69) is 133 Å². The minimum absolute atomic E-state index is 0.181. The molecule has 178 valence electrons. The molecule has 0 spiro atoms. The highest BCUT2D eigenvalue weighted by molar-refractivity contribution is 5.98. The van der Waals surface area contributed by atoms with Gasteiger partial charge in [0.1, 0.15) is 5.76 Å². The van der Waals surface area contributed by atoms with Gasteiger partial charge < -0.3 is 9.64 Å². The molecule has 0 amide bonds. The molecule has 1 unspecified atom stereocenters. The van der Waals surface area contributed by atoms with Gasteiger partial charge in [-0.2, -0.15) is 0 Å². The Morgan fingerprint density at radius 1 is 0.750 bits per heavy atom. The van der Waals surface area contributed by atoms with Crippen LogP contribution in [0.1, 0.15) is 42.7 Å². The number of benzene rings is 3. The van der Waals surface area contributed by atoms with Crippen molar-refractivity contribution in [3.05, 3.63) is 155 Å². The minimum Gasteiger partial charge on any atom is -0.465 e. The van der Waals surface area contributed by atoms with E-state index in [0.717, 1.165) is 25.1 Å². The summed E-state index contributed by atoms with van der Waals surface area (Å²) in [6.07, 6.45) is 13.2. The first-order valence-electron chi connectivity index (χ1n) is 13.0. The smallest absolute Gasteiger partial charge is 0.198 e. The lowest BCUT2D eigenvalue weighted by molar-refractivity contribution is 0.00199. The first-order valence-corrected chi connectivity index (χ1v) is 13.0. The van der Waals surface area contributed by atoms with Gasteiger partial charge >= 0.3 is 0 Å². The molecule has 0 fully saturated rings. The Morgan fingerprint density at radius 2 is 1.36 bits per heavy atom. The van der Waals surface area contributed by atoms with Crippen LogP contribution in [0.25, 0.3) is 11.3 Å². The lowest BCUT2D eigenvalue weighted by atomic mass is 9.92. The monoisotopic (exact) mass is 469 g/mol. The van der Waals surface area contributed by atoms with Crippen LogP contribution < -0.4 is 0 Å². The molecule has 3 aliphatic rings. The summed E-state index contributed by atoms with van der Waals surface area (Å²) in [5.41, 5.74) is 8.57. The largest absolute Gasteiger partial charge is 0.465 e. The highest BCUT2D eigenvalue weighted by Gasteiger charge is 2.40. The molecule has 0 saturated heterocycles. The summed E-state index contributed by atoms with van der Waals surface area (Å²) in [5.74, 6) is 1.22. The summed E-state index contributed by atoms with van der Waals surface area (Å²) in [6, 6.07) is 32.3. The van der Waals surface area contributed by atoms with E-state index in [1.165, 1.54) is 39.1 Å². The maximum absolute atomic E-state index is 7.06. The Hall–Kier alpha value is -4.04. The molecule has 2 nitrogen and oxygen atoms in total. The van der Waals surface area contributed by atoms with Crippen molar-refractivity contribution in [2.45, 2.75) is 26.0 Å². The molecular weight excluding hydrogens is 438 g/mol. The molecule has 1 atom stereocenters. The van der Waals surface area contributed by atoms with Crippen molar-refractivity contribution in [2.75, 3.05) is 6.54 Å². The summed E-state index contributed by atoms with van der Waals surface area (Å²) in [4.78, 5) is 2.49. The molecule has 0 aromatic heterocycles. The van der Waals surface area contributed by atoms with Crippen LogP contribution in [0.4, 0.5) is 0 Å². The van der Waals surface area contributed by atoms with Crippen molar-refractivity contribution in [1.29, 1.82) is 0 Å². The topological polar surface area (TPSA) is 12.5 Å². The fourth-order valence-corrected chi connectivity index (χ4v) is 5.42. The van der Waals surface area contributed by atoms with E-state index in [1.54, 1.807) is 0 Å². The number of nitrogens with zero attached hydrogens (tertiary/aromatic N) is 1. The predicted molar refractivity (Wildman–Crippen MR) is 148 cm³/mol. The van der Waals surface area contributed by atoms with Gasteiger partial charge in [0, 0.05) is 29.2 Å². The molecule has 1 aliphatic heterocycles. The van der Waals surface area contributed by atoms with Crippen molar-refractivity contribution in [3.63, 3.8) is 0 Å². The summed E-state index contributed by atoms with van der Waals surface area (Å²) in [5, 5.41) is 0. The Kier molecular flexibility index (Phi) is 6.17. The first-order chi connectivity index (χ1) is 17.8. The number of ether oxygens (including phenoxy) is 1. The zero-order valence-electron chi connectivity index (χ0n) is 20.7. The molecule has 2 heteroatoms. The zero-order valence-corrected chi connectivity index (χ0v) is 20.7. The molecule has 1 heterocycles. The molecule has 36 heavy (non-hydrogen) atoms. The molecule has 0 bridgehead atoms. The average molecular weight is 470 g/mol. The number of hydrogen-bond acceptors (Lipinski definition) is 2. The highest BCUT2D eigenvalue weighted by Crippen LogP contribution is 2.52. The van der Waals surface area contributed by atoms with Crippen LogP contribution >= 0.6 is 0 Å².